The average Bonchev–Trinajstić information content (AvgIpc) is 3.45. The highest BCUT2D eigenvalue weighted by atomic mass is 19.4. The lowest BCUT2D eigenvalue weighted by molar-refractivity contribution is -0.138. The van der Waals surface area contributed by atoms with E-state index in [1.165, 1.54) is 30.0 Å². The van der Waals surface area contributed by atoms with Crippen LogP contribution >= 0.6 is 0 Å². The van der Waals surface area contributed by atoms with Crippen molar-refractivity contribution < 1.29 is 22.3 Å². The number of fused-ring (bicyclic) bond motifs is 1. The number of rotatable bonds is 4. The largest absolute Gasteiger partial charge is 0.479 e. The number of hydrogen-bond donors (Lipinski definition) is 0. The van der Waals surface area contributed by atoms with Gasteiger partial charge in [-0.05, 0) is 37.1 Å². The summed E-state index contributed by atoms with van der Waals surface area (Å²) < 4.78 is 64.6. The zero-order valence-electron chi connectivity index (χ0n) is 18.3. The van der Waals surface area contributed by atoms with Crippen LogP contribution in [0.5, 0.6) is 5.88 Å². The second-order valence-corrected chi connectivity index (χ2v) is 8.05. The summed E-state index contributed by atoms with van der Waals surface area (Å²) >= 11 is 0. The number of halogens is 4. The maximum absolute atomic E-state index is 15.5. The van der Waals surface area contributed by atoms with E-state index in [2.05, 4.69) is 20.1 Å². The summed E-state index contributed by atoms with van der Waals surface area (Å²) in [7, 11) is 1.48. The van der Waals surface area contributed by atoms with Gasteiger partial charge in [-0.2, -0.15) is 13.2 Å². The smallest absolute Gasteiger partial charge is 0.416 e. The van der Waals surface area contributed by atoms with Gasteiger partial charge in [0.15, 0.2) is 17.8 Å². The van der Waals surface area contributed by atoms with Gasteiger partial charge in [-0.1, -0.05) is 18.2 Å². The van der Waals surface area contributed by atoms with Crippen LogP contribution in [-0.2, 0) is 12.7 Å². The summed E-state index contributed by atoms with van der Waals surface area (Å²) in [6, 6.07) is 8.54. The first-order valence-corrected chi connectivity index (χ1v) is 10.6. The van der Waals surface area contributed by atoms with Crippen LogP contribution in [0.1, 0.15) is 41.2 Å². The Kier molecular flexibility index (Phi) is 5.34. The SMILES string of the molecule is COc1nc(-c2nc3n(n2)CC[C@H](c2ccccc2C(F)(F)F)[C@@H]3F)ccc1-n1cnc(C)c1. The minimum Gasteiger partial charge on any atom is -0.479 e. The third-order valence-electron chi connectivity index (χ3n) is 5.87. The molecule has 1 aliphatic heterocycles. The molecule has 0 fully saturated rings. The first-order valence-electron chi connectivity index (χ1n) is 10.6. The van der Waals surface area contributed by atoms with E-state index >= 15 is 4.39 Å². The van der Waals surface area contributed by atoms with E-state index in [-0.39, 0.29) is 30.2 Å². The molecule has 0 saturated heterocycles. The predicted molar refractivity (Wildman–Crippen MR) is 114 cm³/mol. The van der Waals surface area contributed by atoms with E-state index in [9.17, 15) is 13.2 Å². The topological polar surface area (TPSA) is 70.7 Å². The summed E-state index contributed by atoms with van der Waals surface area (Å²) in [6.45, 7) is 2.10. The minimum atomic E-state index is -4.57. The molecular weight excluding hydrogens is 452 g/mol. The highest BCUT2D eigenvalue weighted by Crippen LogP contribution is 2.45. The van der Waals surface area contributed by atoms with E-state index in [0.717, 1.165) is 11.8 Å². The number of pyridine rings is 1. The molecule has 4 aromatic rings. The molecule has 7 nitrogen and oxygen atoms in total. The van der Waals surface area contributed by atoms with Crippen molar-refractivity contribution in [2.45, 2.75) is 38.2 Å². The number of aryl methyl sites for hydroxylation is 2. The number of hydrogen-bond acceptors (Lipinski definition) is 5. The quantitative estimate of drug-likeness (QED) is 0.389. The molecule has 0 aliphatic carbocycles. The number of ether oxygens (including phenoxy) is 1. The van der Waals surface area contributed by atoms with Gasteiger partial charge < -0.3 is 9.30 Å². The fourth-order valence-electron chi connectivity index (χ4n) is 4.27. The molecule has 11 heteroatoms. The molecule has 176 valence electrons. The predicted octanol–water partition coefficient (Wildman–Crippen LogP) is 5.06. The van der Waals surface area contributed by atoms with E-state index in [1.807, 2.05) is 13.1 Å². The van der Waals surface area contributed by atoms with Gasteiger partial charge in [0.2, 0.25) is 5.88 Å². The third-order valence-corrected chi connectivity index (χ3v) is 5.87. The summed E-state index contributed by atoms with van der Waals surface area (Å²) in [6.07, 6.45) is -2.69. The Balaban J connectivity index is 1.49. The molecule has 0 saturated carbocycles. The lowest BCUT2D eigenvalue weighted by atomic mass is 9.85. The molecule has 0 spiro atoms. The second kappa shape index (κ2) is 8.23. The zero-order valence-corrected chi connectivity index (χ0v) is 18.3. The molecule has 0 unspecified atom stereocenters. The Labute approximate surface area is 192 Å². The molecule has 4 heterocycles. The van der Waals surface area contributed by atoms with Gasteiger partial charge in [-0.25, -0.2) is 24.0 Å². The highest BCUT2D eigenvalue weighted by molar-refractivity contribution is 5.55. The van der Waals surface area contributed by atoms with Crippen LogP contribution in [0.3, 0.4) is 0 Å². The standard InChI is InChI=1S/C23H20F4N6O/c1-13-11-32(12-28-13)18-8-7-17(29-22(18)34-2)20-30-21-19(24)15(9-10-33(21)31-20)14-5-3-4-6-16(14)23(25,26)27/h3-8,11-12,15,19H,9-10H2,1-2H3/t15-,19+/m1/s1. The summed E-state index contributed by atoms with van der Waals surface area (Å²) in [5.41, 5.74) is 0.942. The highest BCUT2D eigenvalue weighted by Gasteiger charge is 2.40. The number of alkyl halides is 4. The van der Waals surface area contributed by atoms with Crippen molar-refractivity contribution in [3.63, 3.8) is 0 Å². The number of benzene rings is 1. The number of nitrogens with zero attached hydrogens (tertiary/aromatic N) is 6. The summed E-state index contributed by atoms with van der Waals surface area (Å²) in [5, 5.41) is 4.36. The Morgan fingerprint density at radius 3 is 2.59 bits per heavy atom. The molecular formula is C23H20F4N6O. The molecule has 1 aromatic carbocycles. The van der Waals surface area contributed by atoms with Crippen molar-refractivity contribution in [1.29, 1.82) is 0 Å². The second-order valence-electron chi connectivity index (χ2n) is 8.05. The zero-order chi connectivity index (χ0) is 24.0. The molecule has 3 aromatic heterocycles. The number of imidazole rings is 1. The Morgan fingerprint density at radius 2 is 1.88 bits per heavy atom. The lowest BCUT2D eigenvalue weighted by Crippen LogP contribution is -2.24. The van der Waals surface area contributed by atoms with Gasteiger partial charge in [-0.15, -0.1) is 5.10 Å². The molecule has 0 N–H and O–H groups in total. The Hall–Kier alpha value is -3.76. The monoisotopic (exact) mass is 472 g/mol. The fraction of sp³-hybridized carbons (Fsp3) is 0.304. The van der Waals surface area contributed by atoms with E-state index in [0.29, 0.717) is 17.3 Å². The molecule has 2 atom stereocenters. The van der Waals surface area contributed by atoms with Crippen LogP contribution in [0.4, 0.5) is 17.6 Å². The molecule has 0 radical (unpaired) electrons. The van der Waals surface area contributed by atoms with Gasteiger partial charge in [-0.3, -0.25) is 0 Å². The maximum atomic E-state index is 15.5. The molecule has 1 aliphatic rings. The van der Waals surface area contributed by atoms with Crippen LogP contribution in [0.2, 0.25) is 0 Å². The van der Waals surface area contributed by atoms with Crippen LogP contribution in [-0.4, -0.2) is 36.4 Å². The average molecular weight is 472 g/mol. The van der Waals surface area contributed by atoms with Crippen LogP contribution in [0.25, 0.3) is 17.2 Å². The van der Waals surface area contributed by atoms with Crippen molar-refractivity contribution in [3.8, 4) is 23.1 Å². The summed E-state index contributed by atoms with van der Waals surface area (Å²) in [5.74, 6) is -0.513. The number of aromatic nitrogens is 6. The van der Waals surface area contributed by atoms with Crippen molar-refractivity contribution in [3.05, 3.63) is 71.6 Å². The fourth-order valence-corrected chi connectivity index (χ4v) is 4.27. The van der Waals surface area contributed by atoms with Crippen LogP contribution in [0.15, 0.2) is 48.9 Å². The Morgan fingerprint density at radius 1 is 1.09 bits per heavy atom. The lowest BCUT2D eigenvalue weighted by Gasteiger charge is -2.28. The van der Waals surface area contributed by atoms with Gasteiger partial charge in [0.05, 0.1) is 24.7 Å². The van der Waals surface area contributed by atoms with Gasteiger partial charge in [0, 0.05) is 18.7 Å². The van der Waals surface area contributed by atoms with Gasteiger partial charge in [0.25, 0.3) is 0 Å². The van der Waals surface area contributed by atoms with E-state index in [4.69, 9.17) is 4.74 Å². The van der Waals surface area contributed by atoms with Crippen molar-refractivity contribution in [2.75, 3.05) is 7.11 Å². The normalized spacial score (nSPS) is 18.1. The van der Waals surface area contributed by atoms with Crippen LogP contribution < -0.4 is 4.74 Å². The summed E-state index contributed by atoms with van der Waals surface area (Å²) in [4.78, 5) is 13.0. The van der Waals surface area contributed by atoms with E-state index in [1.54, 1.807) is 23.0 Å². The van der Waals surface area contributed by atoms with Gasteiger partial charge >= 0.3 is 6.18 Å². The van der Waals surface area contributed by atoms with Crippen molar-refractivity contribution in [1.82, 2.24) is 29.3 Å². The van der Waals surface area contributed by atoms with E-state index < -0.39 is 23.8 Å². The first kappa shape index (κ1) is 22.1. The Bertz CT molecular complexity index is 1350. The molecule has 0 amide bonds. The van der Waals surface area contributed by atoms with Crippen molar-refractivity contribution in [2.24, 2.45) is 0 Å². The molecule has 0 bridgehead atoms. The van der Waals surface area contributed by atoms with Gasteiger partial charge in [0.1, 0.15) is 11.4 Å². The first-order chi connectivity index (χ1) is 16.3. The number of methoxy groups -OCH3 is 1. The minimum absolute atomic E-state index is 0.0155. The maximum Gasteiger partial charge on any atom is 0.416 e. The van der Waals surface area contributed by atoms with Crippen molar-refractivity contribution >= 4 is 0 Å². The third kappa shape index (κ3) is 3.80. The molecule has 34 heavy (non-hydrogen) atoms. The van der Waals surface area contributed by atoms with Crippen LogP contribution in [0, 0.1) is 6.92 Å². The molecule has 5 rings (SSSR count).